The second kappa shape index (κ2) is 9.81. The summed E-state index contributed by atoms with van der Waals surface area (Å²) < 4.78 is 7.00. The molecule has 2 N–H and O–H groups in total. The number of nitrogens with zero attached hydrogens (tertiary/aromatic N) is 4. The number of anilines is 2. The molecule has 1 aromatic heterocycles. The van der Waals surface area contributed by atoms with Gasteiger partial charge in [0.15, 0.2) is 0 Å². The number of aliphatic imine (C=N–C) groups is 2. The van der Waals surface area contributed by atoms with E-state index in [1.165, 1.54) is 4.68 Å². The van der Waals surface area contributed by atoms with Crippen LogP contribution in [0, 0.1) is 0 Å². The summed E-state index contributed by atoms with van der Waals surface area (Å²) in [6.45, 7) is 14.1. The summed E-state index contributed by atoms with van der Waals surface area (Å²) in [6, 6.07) is 8.42. The Morgan fingerprint density at radius 1 is 1.15 bits per heavy atom. The summed E-state index contributed by atoms with van der Waals surface area (Å²) in [4.78, 5) is 33.2. The highest BCUT2D eigenvalue weighted by atomic mass is 16.5. The molecule has 1 aromatic carbocycles. The van der Waals surface area contributed by atoms with Crippen molar-refractivity contribution in [3.63, 3.8) is 0 Å². The highest BCUT2D eigenvalue weighted by molar-refractivity contribution is 6.27. The van der Waals surface area contributed by atoms with E-state index in [2.05, 4.69) is 39.2 Å². The zero-order valence-corrected chi connectivity index (χ0v) is 19.7. The van der Waals surface area contributed by atoms with Gasteiger partial charge in [0.2, 0.25) is 0 Å². The SMILES string of the molecule is C=C1C(=O)N=C(n2nc(C(C)(C)C)cc2NC(=O)Nc2ccc(OCCCC)cc2)N=C1C. The van der Waals surface area contributed by atoms with E-state index >= 15 is 0 Å². The summed E-state index contributed by atoms with van der Waals surface area (Å²) in [6.07, 6.45) is 2.05. The number of benzene rings is 1. The molecule has 0 bridgehead atoms. The summed E-state index contributed by atoms with van der Waals surface area (Å²) >= 11 is 0. The molecule has 0 saturated heterocycles. The lowest BCUT2D eigenvalue weighted by molar-refractivity contribution is -0.113. The third-order valence-corrected chi connectivity index (χ3v) is 4.95. The second-order valence-corrected chi connectivity index (χ2v) is 8.77. The number of hydrogen-bond donors (Lipinski definition) is 2. The molecule has 3 amide bonds. The largest absolute Gasteiger partial charge is 0.494 e. The fraction of sp³-hybridized carbons (Fsp3) is 0.375. The van der Waals surface area contributed by atoms with Crippen molar-refractivity contribution in [2.45, 2.75) is 52.9 Å². The number of hydrogen-bond acceptors (Lipinski definition) is 5. The van der Waals surface area contributed by atoms with Gasteiger partial charge in [-0.2, -0.15) is 14.8 Å². The summed E-state index contributed by atoms with van der Waals surface area (Å²) in [5.41, 5.74) is 1.70. The average Bonchev–Trinajstić information content (AvgIpc) is 3.17. The Balaban J connectivity index is 1.79. The minimum absolute atomic E-state index is 0.0734. The first-order valence-corrected chi connectivity index (χ1v) is 10.9. The van der Waals surface area contributed by atoms with Gasteiger partial charge in [-0.3, -0.25) is 10.1 Å². The molecule has 0 spiro atoms. The van der Waals surface area contributed by atoms with Crippen LogP contribution in [0.3, 0.4) is 0 Å². The van der Waals surface area contributed by atoms with Gasteiger partial charge >= 0.3 is 6.03 Å². The Morgan fingerprint density at radius 3 is 2.45 bits per heavy atom. The van der Waals surface area contributed by atoms with Crippen molar-refractivity contribution in [2.75, 3.05) is 17.2 Å². The Labute approximate surface area is 193 Å². The van der Waals surface area contributed by atoms with Crippen LogP contribution in [0.2, 0.25) is 0 Å². The predicted octanol–water partition coefficient (Wildman–Crippen LogP) is 4.76. The van der Waals surface area contributed by atoms with Gasteiger partial charge in [0.05, 0.1) is 23.6 Å². The van der Waals surface area contributed by atoms with E-state index in [-0.39, 0.29) is 16.9 Å². The number of nitrogens with one attached hydrogen (secondary N) is 2. The van der Waals surface area contributed by atoms with E-state index < -0.39 is 11.9 Å². The second-order valence-electron chi connectivity index (χ2n) is 8.77. The molecule has 1 aliphatic rings. The smallest absolute Gasteiger partial charge is 0.324 e. The third kappa shape index (κ3) is 5.94. The lowest BCUT2D eigenvalue weighted by Crippen LogP contribution is -2.27. The minimum Gasteiger partial charge on any atom is -0.494 e. The molecule has 0 saturated carbocycles. The summed E-state index contributed by atoms with van der Waals surface area (Å²) in [5.74, 6) is 0.677. The molecule has 9 heteroatoms. The van der Waals surface area contributed by atoms with E-state index in [0.29, 0.717) is 29.5 Å². The van der Waals surface area contributed by atoms with Crippen LogP contribution in [0.15, 0.2) is 52.5 Å². The molecular formula is C24H30N6O3. The number of amides is 3. The van der Waals surface area contributed by atoms with E-state index in [1.807, 2.05) is 20.8 Å². The molecule has 0 aliphatic carbocycles. The van der Waals surface area contributed by atoms with Crippen LogP contribution in [0.4, 0.5) is 16.3 Å². The van der Waals surface area contributed by atoms with Crippen LogP contribution < -0.4 is 15.4 Å². The highest BCUT2D eigenvalue weighted by Gasteiger charge is 2.25. The van der Waals surface area contributed by atoms with E-state index in [1.54, 1.807) is 37.3 Å². The fourth-order valence-electron chi connectivity index (χ4n) is 2.89. The van der Waals surface area contributed by atoms with Gasteiger partial charge in [-0.15, -0.1) is 0 Å². The van der Waals surface area contributed by atoms with Crippen LogP contribution in [0.1, 0.15) is 53.2 Å². The van der Waals surface area contributed by atoms with E-state index in [9.17, 15) is 9.59 Å². The predicted molar refractivity (Wildman–Crippen MR) is 131 cm³/mol. The Bertz CT molecular complexity index is 1120. The fourth-order valence-corrected chi connectivity index (χ4v) is 2.89. The number of carbonyl (C=O) groups excluding carboxylic acids is 2. The van der Waals surface area contributed by atoms with Gasteiger partial charge < -0.3 is 10.1 Å². The van der Waals surface area contributed by atoms with Gasteiger partial charge in [-0.25, -0.2) is 9.79 Å². The number of carbonyl (C=O) groups is 2. The van der Waals surface area contributed by atoms with Gasteiger partial charge in [0.25, 0.3) is 11.9 Å². The molecule has 174 valence electrons. The van der Waals surface area contributed by atoms with Crippen molar-refractivity contribution >= 4 is 35.1 Å². The van der Waals surface area contributed by atoms with Gasteiger partial charge in [-0.1, -0.05) is 40.7 Å². The summed E-state index contributed by atoms with van der Waals surface area (Å²) in [5, 5.41) is 10.1. The third-order valence-electron chi connectivity index (χ3n) is 4.95. The molecular weight excluding hydrogens is 420 g/mol. The molecule has 0 atom stereocenters. The zero-order chi connectivity index (χ0) is 24.2. The van der Waals surface area contributed by atoms with Gasteiger partial charge in [0, 0.05) is 17.2 Å². The van der Waals surface area contributed by atoms with Crippen molar-refractivity contribution < 1.29 is 14.3 Å². The van der Waals surface area contributed by atoms with E-state index in [4.69, 9.17) is 4.74 Å². The number of ether oxygens (including phenoxy) is 1. The quantitative estimate of drug-likeness (QED) is 0.488. The molecule has 33 heavy (non-hydrogen) atoms. The number of unbranched alkanes of at least 4 members (excludes halogenated alkanes) is 1. The van der Waals surface area contributed by atoms with E-state index in [0.717, 1.165) is 18.6 Å². The molecule has 3 rings (SSSR count). The maximum atomic E-state index is 12.7. The van der Waals surface area contributed by atoms with Gasteiger partial charge in [0.1, 0.15) is 11.6 Å². The maximum Gasteiger partial charge on any atom is 0.324 e. The number of aromatic nitrogens is 2. The molecule has 0 unspecified atom stereocenters. The molecule has 9 nitrogen and oxygen atoms in total. The van der Waals surface area contributed by atoms with Crippen molar-refractivity contribution in [2.24, 2.45) is 9.98 Å². The van der Waals surface area contributed by atoms with Crippen LogP contribution in [-0.4, -0.2) is 40.0 Å². The first kappa shape index (κ1) is 23.9. The monoisotopic (exact) mass is 450 g/mol. The first-order chi connectivity index (χ1) is 15.6. The summed E-state index contributed by atoms with van der Waals surface area (Å²) in [7, 11) is 0. The standard InChI is InChI=1S/C24H30N6O3/c1-7-8-13-33-18-11-9-17(10-12-18)26-23(32)27-20-14-19(24(4,5)6)29-30(20)22-25-16(3)15(2)21(31)28-22/h9-12,14H,2,7-8,13H2,1,3-6H3,(H2,26,27,32). The topological polar surface area (TPSA) is 110 Å². The van der Waals surface area contributed by atoms with Crippen molar-refractivity contribution in [1.29, 1.82) is 0 Å². The minimum atomic E-state index is -0.484. The first-order valence-electron chi connectivity index (χ1n) is 10.9. The number of urea groups is 1. The normalized spacial score (nSPS) is 14.0. The van der Waals surface area contributed by atoms with Gasteiger partial charge in [-0.05, 0) is 37.6 Å². The van der Waals surface area contributed by atoms with Crippen LogP contribution in [0.5, 0.6) is 5.75 Å². The molecule has 1 aliphatic heterocycles. The highest BCUT2D eigenvalue weighted by Crippen LogP contribution is 2.25. The number of rotatable bonds is 6. The Kier molecular flexibility index (Phi) is 7.10. The van der Waals surface area contributed by atoms with Crippen LogP contribution in [0.25, 0.3) is 0 Å². The lowest BCUT2D eigenvalue weighted by Gasteiger charge is -2.14. The molecule has 0 radical (unpaired) electrons. The van der Waals surface area contributed by atoms with Crippen LogP contribution in [-0.2, 0) is 10.2 Å². The van der Waals surface area contributed by atoms with Crippen molar-refractivity contribution in [3.05, 3.63) is 48.2 Å². The Morgan fingerprint density at radius 2 is 1.85 bits per heavy atom. The average molecular weight is 451 g/mol. The maximum absolute atomic E-state index is 12.7. The lowest BCUT2D eigenvalue weighted by atomic mass is 9.92. The molecule has 0 fully saturated rings. The Hall–Kier alpha value is -3.75. The zero-order valence-electron chi connectivity index (χ0n) is 19.7. The van der Waals surface area contributed by atoms with Crippen molar-refractivity contribution in [1.82, 2.24) is 9.78 Å². The molecule has 2 heterocycles. The van der Waals surface area contributed by atoms with Crippen molar-refractivity contribution in [3.8, 4) is 5.75 Å². The van der Waals surface area contributed by atoms with Crippen LogP contribution >= 0.6 is 0 Å². The molecule has 2 aromatic rings.